The van der Waals surface area contributed by atoms with Crippen LogP contribution in [0.4, 0.5) is 9.18 Å². The second-order valence-electron chi connectivity index (χ2n) is 4.70. The molecule has 1 saturated heterocycles. The Hall–Kier alpha value is -1.37. The fourth-order valence-electron chi connectivity index (χ4n) is 2.33. The van der Waals surface area contributed by atoms with E-state index in [2.05, 4.69) is 0 Å². The molecule has 1 atom stereocenters. The summed E-state index contributed by atoms with van der Waals surface area (Å²) in [6, 6.07) is 4.41. The van der Waals surface area contributed by atoms with Crippen molar-refractivity contribution in [2.45, 2.75) is 12.0 Å². The lowest BCUT2D eigenvalue weighted by Gasteiger charge is -2.31. The number of ether oxygens (including phenoxy) is 1. The molecule has 0 aliphatic carbocycles. The number of carboxylic acid groups (broad SMARTS) is 1. The SMILES string of the molecule is NC[C@@]1(c2ccc(Cl)c(F)c2)CCN(C(=O)O)CCO1. The first-order valence-electron chi connectivity index (χ1n) is 6.26. The first-order valence-corrected chi connectivity index (χ1v) is 6.64. The van der Waals surface area contributed by atoms with Crippen LogP contribution in [-0.4, -0.2) is 42.3 Å². The predicted molar refractivity (Wildman–Crippen MR) is 72.3 cm³/mol. The molecule has 0 saturated carbocycles. The monoisotopic (exact) mass is 302 g/mol. The lowest BCUT2D eigenvalue weighted by molar-refractivity contribution is -0.0361. The summed E-state index contributed by atoms with van der Waals surface area (Å²) in [6.45, 7) is 0.916. The molecular formula is C13H16ClFN2O3. The Morgan fingerprint density at radius 2 is 2.30 bits per heavy atom. The molecule has 5 nitrogen and oxygen atoms in total. The van der Waals surface area contributed by atoms with Gasteiger partial charge in [0.2, 0.25) is 0 Å². The highest BCUT2D eigenvalue weighted by Crippen LogP contribution is 2.32. The Kier molecular flexibility index (Phi) is 4.47. The molecule has 1 aromatic rings. The quantitative estimate of drug-likeness (QED) is 0.876. The number of nitrogens with zero attached hydrogens (tertiary/aromatic N) is 1. The Bertz CT molecular complexity index is 514. The lowest BCUT2D eigenvalue weighted by atomic mass is 9.90. The van der Waals surface area contributed by atoms with Crippen LogP contribution in [0.15, 0.2) is 18.2 Å². The van der Waals surface area contributed by atoms with Crippen molar-refractivity contribution >= 4 is 17.7 Å². The standard InChI is InChI=1S/C13H16ClFN2O3/c14-10-2-1-9(7-11(10)15)13(8-16)3-4-17(12(18)19)5-6-20-13/h1-2,7H,3-6,8,16H2,(H,18,19)/t13-/m1/s1. The van der Waals surface area contributed by atoms with E-state index in [4.69, 9.17) is 27.2 Å². The van der Waals surface area contributed by atoms with E-state index in [9.17, 15) is 9.18 Å². The first kappa shape index (κ1) is 15.0. The Morgan fingerprint density at radius 1 is 1.55 bits per heavy atom. The van der Waals surface area contributed by atoms with Crippen molar-refractivity contribution in [1.29, 1.82) is 0 Å². The van der Waals surface area contributed by atoms with Crippen LogP contribution >= 0.6 is 11.6 Å². The van der Waals surface area contributed by atoms with E-state index in [-0.39, 0.29) is 31.3 Å². The van der Waals surface area contributed by atoms with Gasteiger partial charge in [-0.2, -0.15) is 0 Å². The third-order valence-corrected chi connectivity index (χ3v) is 3.88. The topological polar surface area (TPSA) is 75.8 Å². The number of hydrogen-bond acceptors (Lipinski definition) is 3. The van der Waals surface area contributed by atoms with Gasteiger partial charge in [0, 0.05) is 19.6 Å². The Balaban J connectivity index is 2.29. The fourth-order valence-corrected chi connectivity index (χ4v) is 2.45. The van der Waals surface area contributed by atoms with Gasteiger partial charge in [-0.05, 0) is 24.1 Å². The zero-order chi connectivity index (χ0) is 14.8. The summed E-state index contributed by atoms with van der Waals surface area (Å²) in [7, 11) is 0. The van der Waals surface area contributed by atoms with Gasteiger partial charge in [0.15, 0.2) is 0 Å². The maximum Gasteiger partial charge on any atom is 0.407 e. The summed E-state index contributed by atoms with van der Waals surface area (Å²) in [5, 5.41) is 9.05. The second-order valence-corrected chi connectivity index (χ2v) is 5.10. The van der Waals surface area contributed by atoms with E-state index < -0.39 is 17.5 Å². The highest BCUT2D eigenvalue weighted by molar-refractivity contribution is 6.30. The molecule has 110 valence electrons. The summed E-state index contributed by atoms with van der Waals surface area (Å²) >= 11 is 5.67. The Labute approximate surface area is 121 Å². The van der Waals surface area contributed by atoms with Crippen LogP contribution < -0.4 is 5.73 Å². The lowest BCUT2D eigenvalue weighted by Crippen LogP contribution is -2.39. The van der Waals surface area contributed by atoms with Crippen molar-refractivity contribution in [3.05, 3.63) is 34.6 Å². The zero-order valence-corrected chi connectivity index (χ0v) is 11.6. The normalized spacial score (nSPS) is 23.4. The highest BCUT2D eigenvalue weighted by atomic mass is 35.5. The molecule has 0 radical (unpaired) electrons. The first-order chi connectivity index (χ1) is 9.48. The van der Waals surface area contributed by atoms with Crippen LogP contribution in [0.5, 0.6) is 0 Å². The fraction of sp³-hybridized carbons (Fsp3) is 0.462. The highest BCUT2D eigenvalue weighted by Gasteiger charge is 2.36. The minimum absolute atomic E-state index is 0.0294. The van der Waals surface area contributed by atoms with Crippen LogP contribution in [0.2, 0.25) is 5.02 Å². The second kappa shape index (κ2) is 5.95. The van der Waals surface area contributed by atoms with E-state index >= 15 is 0 Å². The average Bonchev–Trinajstić information content (AvgIpc) is 2.65. The van der Waals surface area contributed by atoms with Crippen molar-refractivity contribution in [2.24, 2.45) is 5.73 Å². The van der Waals surface area contributed by atoms with Crippen LogP contribution in [0.1, 0.15) is 12.0 Å². The smallest absolute Gasteiger partial charge is 0.407 e. The molecule has 0 aromatic heterocycles. The summed E-state index contributed by atoms with van der Waals surface area (Å²) in [6.07, 6.45) is -0.625. The van der Waals surface area contributed by atoms with Crippen molar-refractivity contribution in [2.75, 3.05) is 26.2 Å². The van der Waals surface area contributed by atoms with Crippen LogP contribution in [-0.2, 0) is 10.3 Å². The number of benzene rings is 1. The third kappa shape index (κ3) is 2.87. The molecule has 0 bridgehead atoms. The van der Waals surface area contributed by atoms with E-state index in [1.54, 1.807) is 6.07 Å². The van der Waals surface area contributed by atoms with Gasteiger partial charge in [-0.1, -0.05) is 17.7 Å². The molecule has 1 aromatic carbocycles. The maximum absolute atomic E-state index is 13.6. The number of amides is 1. The van der Waals surface area contributed by atoms with E-state index in [0.717, 1.165) is 0 Å². The molecule has 1 amide bonds. The zero-order valence-electron chi connectivity index (χ0n) is 10.8. The minimum atomic E-state index is -0.997. The summed E-state index contributed by atoms with van der Waals surface area (Å²) < 4.78 is 19.4. The van der Waals surface area contributed by atoms with Gasteiger partial charge in [-0.25, -0.2) is 9.18 Å². The maximum atomic E-state index is 13.6. The predicted octanol–water partition coefficient (Wildman–Crippen LogP) is 2.03. The van der Waals surface area contributed by atoms with E-state index in [1.165, 1.54) is 17.0 Å². The van der Waals surface area contributed by atoms with Crippen LogP contribution in [0.3, 0.4) is 0 Å². The number of nitrogens with two attached hydrogens (primary N) is 1. The number of halogens is 2. The van der Waals surface area contributed by atoms with Crippen molar-refractivity contribution in [3.63, 3.8) is 0 Å². The average molecular weight is 303 g/mol. The summed E-state index contributed by atoms with van der Waals surface area (Å²) in [5.74, 6) is -0.542. The molecular weight excluding hydrogens is 287 g/mol. The largest absolute Gasteiger partial charge is 0.465 e. The van der Waals surface area contributed by atoms with Crippen molar-refractivity contribution < 1.29 is 19.0 Å². The molecule has 1 aliphatic heterocycles. The van der Waals surface area contributed by atoms with Gasteiger partial charge in [-0.15, -0.1) is 0 Å². The van der Waals surface area contributed by atoms with E-state index in [1.807, 2.05) is 0 Å². The van der Waals surface area contributed by atoms with Gasteiger partial charge in [-0.3, -0.25) is 0 Å². The number of hydrogen-bond donors (Lipinski definition) is 2. The van der Waals surface area contributed by atoms with Gasteiger partial charge >= 0.3 is 6.09 Å². The third-order valence-electron chi connectivity index (χ3n) is 3.57. The van der Waals surface area contributed by atoms with Crippen molar-refractivity contribution in [3.8, 4) is 0 Å². The molecule has 1 aliphatic rings. The van der Waals surface area contributed by atoms with Crippen molar-refractivity contribution in [1.82, 2.24) is 4.90 Å². The molecule has 20 heavy (non-hydrogen) atoms. The van der Waals surface area contributed by atoms with Gasteiger partial charge in [0.1, 0.15) is 11.4 Å². The summed E-state index contributed by atoms with van der Waals surface area (Å²) in [4.78, 5) is 12.3. The number of rotatable bonds is 2. The van der Waals surface area contributed by atoms with E-state index in [0.29, 0.717) is 12.0 Å². The molecule has 3 N–H and O–H groups in total. The molecule has 1 heterocycles. The minimum Gasteiger partial charge on any atom is -0.465 e. The van der Waals surface area contributed by atoms with Crippen LogP contribution in [0, 0.1) is 5.82 Å². The molecule has 2 rings (SSSR count). The van der Waals surface area contributed by atoms with Crippen LogP contribution in [0.25, 0.3) is 0 Å². The molecule has 0 unspecified atom stereocenters. The summed E-state index contributed by atoms with van der Waals surface area (Å²) in [5.41, 5.74) is 5.50. The van der Waals surface area contributed by atoms with Gasteiger partial charge in [0.05, 0.1) is 11.6 Å². The molecule has 7 heteroatoms. The van der Waals surface area contributed by atoms with Gasteiger partial charge in [0.25, 0.3) is 0 Å². The molecule has 0 spiro atoms. The number of carbonyl (C=O) groups is 1. The van der Waals surface area contributed by atoms with Gasteiger partial charge < -0.3 is 20.5 Å². The Morgan fingerprint density at radius 3 is 2.90 bits per heavy atom. The molecule has 1 fully saturated rings.